The largest absolute Gasteiger partial charge is 0.462 e. The van der Waals surface area contributed by atoms with E-state index in [2.05, 4.69) is 81.5 Å². The van der Waals surface area contributed by atoms with Crippen molar-refractivity contribution in [2.75, 3.05) is 19.8 Å². The molecule has 1 unspecified atom stereocenters. The van der Waals surface area contributed by atoms with E-state index >= 15 is 0 Å². The van der Waals surface area contributed by atoms with E-state index in [1.54, 1.807) is 0 Å². The Morgan fingerprint density at radius 2 is 0.662 bits per heavy atom. The van der Waals surface area contributed by atoms with Crippen molar-refractivity contribution in [3.05, 3.63) is 60.8 Å². The molecule has 0 saturated heterocycles. The lowest BCUT2D eigenvalue weighted by Crippen LogP contribution is -2.30. The summed E-state index contributed by atoms with van der Waals surface area (Å²) >= 11 is 0. The molecule has 396 valence electrons. The lowest BCUT2D eigenvalue weighted by atomic mass is 10.0. The second-order valence-corrected chi connectivity index (χ2v) is 19.9. The van der Waals surface area contributed by atoms with Crippen LogP contribution in [0.3, 0.4) is 0 Å². The number of carbonyl (C=O) groups is 2. The first-order valence-electron chi connectivity index (χ1n) is 29.8. The number of esters is 2. The Bertz CT molecular complexity index is 1170. The fraction of sp³-hybridized carbons (Fsp3) is 0.810. The number of carbonyl (C=O) groups excluding carboxylic acids is 2. The number of hydrogen-bond acceptors (Lipinski definition) is 5. The topological polar surface area (TPSA) is 61.8 Å². The van der Waals surface area contributed by atoms with Crippen LogP contribution in [0.25, 0.3) is 0 Å². The maximum atomic E-state index is 12.9. The van der Waals surface area contributed by atoms with Crippen molar-refractivity contribution in [1.29, 1.82) is 0 Å². The molecule has 0 aliphatic heterocycles. The number of hydrogen-bond donors (Lipinski definition) is 0. The Hall–Kier alpha value is -2.40. The highest BCUT2D eigenvalue weighted by molar-refractivity contribution is 5.70. The van der Waals surface area contributed by atoms with Crippen molar-refractivity contribution >= 4 is 11.9 Å². The zero-order chi connectivity index (χ0) is 49.2. The zero-order valence-electron chi connectivity index (χ0n) is 45.6. The molecule has 0 aromatic carbocycles. The van der Waals surface area contributed by atoms with Gasteiger partial charge in [0.05, 0.1) is 6.61 Å². The average Bonchev–Trinajstić information content (AvgIpc) is 3.34. The van der Waals surface area contributed by atoms with Crippen LogP contribution in [0.2, 0.25) is 0 Å². The highest BCUT2D eigenvalue weighted by atomic mass is 16.6. The third-order valence-electron chi connectivity index (χ3n) is 13.0. The molecule has 0 spiro atoms. The van der Waals surface area contributed by atoms with Gasteiger partial charge in [0.15, 0.2) is 6.10 Å². The van der Waals surface area contributed by atoms with Crippen LogP contribution < -0.4 is 0 Å². The summed E-state index contributed by atoms with van der Waals surface area (Å²) in [6, 6.07) is 0. The van der Waals surface area contributed by atoms with E-state index in [0.717, 1.165) is 77.0 Å². The lowest BCUT2D eigenvalue weighted by molar-refractivity contribution is -0.163. The molecule has 0 heterocycles. The van der Waals surface area contributed by atoms with Crippen LogP contribution in [-0.4, -0.2) is 37.9 Å². The molecule has 0 rings (SSSR count). The van der Waals surface area contributed by atoms with Crippen molar-refractivity contribution in [1.82, 2.24) is 0 Å². The van der Waals surface area contributed by atoms with Gasteiger partial charge < -0.3 is 14.2 Å². The third kappa shape index (κ3) is 56.2. The fourth-order valence-electron chi connectivity index (χ4n) is 8.62. The molecule has 0 bridgehead atoms. The maximum absolute atomic E-state index is 12.9. The van der Waals surface area contributed by atoms with Crippen LogP contribution >= 0.6 is 0 Å². The molecule has 0 saturated carbocycles. The van der Waals surface area contributed by atoms with Gasteiger partial charge in [-0.2, -0.15) is 0 Å². The van der Waals surface area contributed by atoms with Crippen LogP contribution in [0.15, 0.2) is 60.8 Å². The Kier molecular flexibility index (Phi) is 56.8. The molecule has 0 amide bonds. The molecule has 0 aromatic heterocycles. The predicted molar refractivity (Wildman–Crippen MR) is 298 cm³/mol. The molecule has 68 heavy (non-hydrogen) atoms. The van der Waals surface area contributed by atoms with Crippen LogP contribution in [0.4, 0.5) is 0 Å². The van der Waals surface area contributed by atoms with Gasteiger partial charge >= 0.3 is 11.9 Å². The average molecular weight is 952 g/mol. The molecule has 0 radical (unpaired) electrons. The standard InChI is InChI=1S/C63H114O5/c1-4-7-10-13-16-19-22-25-28-31-32-34-35-38-41-44-47-50-53-56-62(64)67-60-61(59-66-58-55-52-49-46-43-40-37-30-27-24-21-18-15-12-9-6-3)68-63(65)57-54-51-48-45-42-39-36-33-29-26-23-20-17-14-11-8-5-2/h8,11,17-18,20-21,26-27,29-30,61H,4-7,9-10,12-16,19,22-25,28,31-60H2,1-3H3/b11-8-,20-17-,21-18-,29-26-,30-27-. The Morgan fingerprint density at radius 3 is 1.09 bits per heavy atom. The first kappa shape index (κ1) is 65.6. The summed E-state index contributed by atoms with van der Waals surface area (Å²) < 4.78 is 17.5. The van der Waals surface area contributed by atoms with Gasteiger partial charge in [0.25, 0.3) is 0 Å². The highest BCUT2D eigenvalue weighted by Crippen LogP contribution is 2.16. The van der Waals surface area contributed by atoms with Crippen molar-refractivity contribution in [2.45, 2.75) is 309 Å². The van der Waals surface area contributed by atoms with E-state index < -0.39 is 6.10 Å². The van der Waals surface area contributed by atoms with Crippen LogP contribution in [-0.2, 0) is 23.8 Å². The second-order valence-electron chi connectivity index (χ2n) is 19.9. The molecule has 0 fully saturated rings. The van der Waals surface area contributed by atoms with Gasteiger partial charge in [0.2, 0.25) is 0 Å². The Labute approximate surface area is 424 Å². The Morgan fingerprint density at radius 1 is 0.338 bits per heavy atom. The van der Waals surface area contributed by atoms with E-state index in [9.17, 15) is 9.59 Å². The fourth-order valence-corrected chi connectivity index (χ4v) is 8.62. The summed E-state index contributed by atoms with van der Waals surface area (Å²) in [5.74, 6) is -0.399. The van der Waals surface area contributed by atoms with Gasteiger partial charge in [-0.1, -0.05) is 268 Å². The SMILES string of the molecule is CC/C=C\C/C=C\C/C=C\CCCCCCCCCC(=O)OC(COCCCCCCCC/C=C\C/C=C\CCCCC)COC(=O)CCCCCCCCCCCCCCCCCCCCC. The molecule has 5 nitrogen and oxygen atoms in total. The van der Waals surface area contributed by atoms with E-state index in [4.69, 9.17) is 14.2 Å². The molecule has 0 N–H and O–H groups in total. The van der Waals surface area contributed by atoms with Gasteiger partial charge in [-0.3, -0.25) is 9.59 Å². The third-order valence-corrected chi connectivity index (χ3v) is 13.0. The van der Waals surface area contributed by atoms with Crippen molar-refractivity contribution < 1.29 is 23.8 Å². The van der Waals surface area contributed by atoms with Gasteiger partial charge in [0, 0.05) is 19.4 Å². The van der Waals surface area contributed by atoms with E-state index in [1.165, 1.54) is 193 Å². The minimum Gasteiger partial charge on any atom is -0.462 e. The van der Waals surface area contributed by atoms with Gasteiger partial charge in [0.1, 0.15) is 6.61 Å². The normalized spacial score (nSPS) is 12.6. The van der Waals surface area contributed by atoms with Crippen molar-refractivity contribution in [2.24, 2.45) is 0 Å². The molecular weight excluding hydrogens is 837 g/mol. The van der Waals surface area contributed by atoms with Gasteiger partial charge in [-0.05, 0) is 83.5 Å². The number of rotatable bonds is 55. The van der Waals surface area contributed by atoms with E-state index in [-0.39, 0.29) is 25.2 Å². The van der Waals surface area contributed by atoms with E-state index in [0.29, 0.717) is 19.4 Å². The maximum Gasteiger partial charge on any atom is 0.306 e. The first-order chi connectivity index (χ1) is 33.6. The molecule has 5 heteroatoms. The Balaban J connectivity index is 4.27. The molecule has 0 aliphatic rings. The second kappa shape index (κ2) is 58.9. The summed E-state index contributed by atoms with van der Waals surface area (Å²) in [7, 11) is 0. The van der Waals surface area contributed by atoms with Crippen LogP contribution in [0.5, 0.6) is 0 Å². The zero-order valence-corrected chi connectivity index (χ0v) is 45.6. The van der Waals surface area contributed by atoms with Crippen molar-refractivity contribution in [3.63, 3.8) is 0 Å². The summed E-state index contributed by atoms with van der Waals surface area (Å²) in [5, 5.41) is 0. The van der Waals surface area contributed by atoms with Crippen molar-refractivity contribution in [3.8, 4) is 0 Å². The minimum atomic E-state index is -0.547. The molecular formula is C63H114O5. The molecule has 0 aromatic rings. The predicted octanol–water partition coefficient (Wildman–Crippen LogP) is 20.5. The summed E-state index contributed by atoms with van der Waals surface area (Å²) in [4.78, 5) is 25.6. The number of ether oxygens (including phenoxy) is 3. The monoisotopic (exact) mass is 951 g/mol. The number of unbranched alkanes of at least 4 members (excludes halogenated alkanes) is 34. The van der Waals surface area contributed by atoms with Gasteiger partial charge in [-0.15, -0.1) is 0 Å². The van der Waals surface area contributed by atoms with Crippen LogP contribution in [0, 0.1) is 0 Å². The first-order valence-corrected chi connectivity index (χ1v) is 29.8. The lowest BCUT2D eigenvalue weighted by Gasteiger charge is -2.18. The summed E-state index contributed by atoms with van der Waals surface area (Å²) in [6.45, 7) is 7.71. The smallest absolute Gasteiger partial charge is 0.306 e. The van der Waals surface area contributed by atoms with Gasteiger partial charge in [-0.25, -0.2) is 0 Å². The van der Waals surface area contributed by atoms with E-state index in [1.807, 2.05) is 0 Å². The summed E-state index contributed by atoms with van der Waals surface area (Å²) in [5.41, 5.74) is 0. The summed E-state index contributed by atoms with van der Waals surface area (Å²) in [6.07, 6.45) is 75.3. The van der Waals surface area contributed by atoms with Crippen LogP contribution in [0.1, 0.15) is 303 Å². The number of allylic oxidation sites excluding steroid dienone is 10. The minimum absolute atomic E-state index is 0.0793. The quantitative estimate of drug-likeness (QED) is 0.0345. The highest BCUT2D eigenvalue weighted by Gasteiger charge is 2.17. The molecule has 1 atom stereocenters. The molecule has 0 aliphatic carbocycles.